The van der Waals surface area contributed by atoms with E-state index in [-0.39, 0.29) is 17.7 Å². The first-order valence-electron chi connectivity index (χ1n) is 9.79. The minimum Gasteiger partial charge on any atom is -0.273 e. The van der Waals surface area contributed by atoms with Crippen LogP contribution in [0.15, 0.2) is 30.6 Å². The van der Waals surface area contributed by atoms with Gasteiger partial charge in [0.05, 0.1) is 0 Å². The lowest BCUT2D eigenvalue weighted by molar-refractivity contribution is -0.138. The van der Waals surface area contributed by atoms with Gasteiger partial charge in [0, 0.05) is 30.3 Å². The van der Waals surface area contributed by atoms with Gasteiger partial charge < -0.3 is 0 Å². The Morgan fingerprint density at radius 1 is 1.18 bits per heavy atom. The second-order valence-electron chi connectivity index (χ2n) is 7.82. The zero-order valence-corrected chi connectivity index (χ0v) is 16.3. The number of benzene rings is 1. The lowest BCUT2D eigenvalue weighted by Gasteiger charge is -2.20. The van der Waals surface area contributed by atoms with Gasteiger partial charge in [-0.25, -0.2) is 9.67 Å². The molecule has 2 heterocycles. The Morgan fingerprint density at radius 2 is 1.93 bits per heavy atom. The van der Waals surface area contributed by atoms with Crippen molar-refractivity contribution < 1.29 is 9.59 Å². The van der Waals surface area contributed by atoms with E-state index in [0.29, 0.717) is 18.3 Å². The Labute approximate surface area is 164 Å². The largest absolute Gasteiger partial charge is 0.273 e. The van der Waals surface area contributed by atoms with Gasteiger partial charge in [0.1, 0.15) is 6.33 Å². The molecule has 1 aromatic heterocycles. The van der Waals surface area contributed by atoms with Crippen LogP contribution in [-0.2, 0) is 9.59 Å². The van der Waals surface area contributed by atoms with Crippen molar-refractivity contribution >= 4 is 18.0 Å². The monoisotopic (exact) mass is 379 g/mol. The van der Waals surface area contributed by atoms with Crippen LogP contribution < -0.4 is 5.43 Å². The number of amides is 2. The van der Waals surface area contributed by atoms with E-state index < -0.39 is 0 Å². The van der Waals surface area contributed by atoms with Crippen LogP contribution in [0.1, 0.15) is 36.8 Å². The minimum absolute atomic E-state index is 0.0457. The molecule has 7 heteroatoms. The Bertz CT molecular complexity index is 912. The zero-order chi connectivity index (χ0) is 19.7. The highest BCUT2D eigenvalue weighted by atomic mass is 16.2. The smallest absolute Gasteiger partial charge is 0.264 e. The van der Waals surface area contributed by atoms with E-state index in [2.05, 4.69) is 21.6 Å². The Hall–Kier alpha value is -2.96. The number of aromatic nitrogens is 3. The number of hydrazine groups is 1. The fraction of sp³-hybridized carbons (Fsp3) is 0.429. The third-order valence-electron chi connectivity index (χ3n) is 5.52. The highest BCUT2D eigenvalue weighted by molar-refractivity contribution is 5.92. The zero-order valence-electron chi connectivity index (χ0n) is 16.3. The van der Waals surface area contributed by atoms with Crippen molar-refractivity contribution in [2.75, 3.05) is 6.54 Å². The van der Waals surface area contributed by atoms with Crippen molar-refractivity contribution in [1.82, 2.24) is 25.2 Å². The molecule has 0 radical (unpaired) electrons. The predicted molar refractivity (Wildman–Crippen MR) is 106 cm³/mol. The SMILES string of the molecule is Cc1cc(C)cc(-c2ncn(/C=C\C(=O)NN3CC4CCCCC4C3=O)n2)c1. The van der Waals surface area contributed by atoms with E-state index in [1.165, 1.54) is 22.2 Å². The van der Waals surface area contributed by atoms with Crippen LogP contribution in [0.2, 0.25) is 0 Å². The predicted octanol–water partition coefficient (Wildman–Crippen LogP) is 2.71. The van der Waals surface area contributed by atoms with E-state index in [1.807, 2.05) is 26.0 Å². The quantitative estimate of drug-likeness (QED) is 0.829. The number of aryl methyl sites for hydroxylation is 2. The molecule has 1 aliphatic carbocycles. The molecule has 7 nitrogen and oxygen atoms in total. The molecule has 1 saturated heterocycles. The van der Waals surface area contributed by atoms with E-state index in [4.69, 9.17) is 0 Å². The standard InChI is InChI=1S/C21H25N5O2/c1-14-9-15(2)11-17(10-14)20-22-13-25(24-20)8-7-19(27)23-26-12-16-5-3-4-6-18(16)21(26)28/h7-11,13,16,18H,3-6,12H2,1-2H3,(H,23,27)/b8-7-. The van der Waals surface area contributed by atoms with Gasteiger partial charge in [-0.3, -0.25) is 20.0 Å². The lowest BCUT2D eigenvalue weighted by atomic mass is 9.81. The second-order valence-corrected chi connectivity index (χ2v) is 7.82. The van der Waals surface area contributed by atoms with Gasteiger partial charge in [-0.05, 0) is 44.7 Å². The number of hydrogen-bond donors (Lipinski definition) is 1. The molecule has 0 bridgehead atoms. The van der Waals surface area contributed by atoms with Crippen LogP contribution in [0.4, 0.5) is 0 Å². The van der Waals surface area contributed by atoms with Crippen molar-refractivity contribution in [2.45, 2.75) is 39.5 Å². The number of hydrogen-bond acceptors (Lipinski definition) is 4. The van der Waals surface area contributed by atoms with Gasteiger partial charge in [0.25, 0.3) is 5.91 Å². The molecule has 1 aliphatic heterocycles. The van der Waals surface area contributed by atoms with E-state index >= 15 is 0 Å². The molecule has 1 N–H and O–H groups in total. The van der Waals surface area contributed by atoms with E-state index in [0.717, 1.165) is 36.0 Å². The van der Waals surface area contributed by atoms with Gasteiger partial charge >= 0.3 is 0 Å². The summed E-state index contributed by atoms with van der Waals surface area (Å²) >= 11 is 0. The van der Waals surface area contributed by atoms with Crippen molar-refractivity contribution in [1.29, 1.82) is 0 Å². The first kappa shape index (κ1) is 18.4. The first-order chi connectivity index (χ1) is 13.5. The van der Waals surface area contributed by atoms with Gasteiger partial charge in [0.2, 0.25) is 5.91 Å². The van der Waals surface area contributed by atoms with Gasteiger partial charge in [-0.15, -0.1) is 5.10 Å². The van der Waals surface area contributed by atoms with E-state index in [1.54, 1.807) is 12.5 Å². The summed E-state index contributed by atoms with van der Waals surface area (Å²) in [6.45, 7) is 4.68. The maximum absolute atomic E-state index is 12.4. The number of fused-ring (bicyclic) bond motifs is 1. The number of rotatable bonds is 4. The summed E-state index contributed by atoms with van der Waals surface area (Å²) in [5, 5.41) is 5.88. The maximum Gasteiger partial charge on any atom is 0.264 e. The molecule has 2 unspecified atom stereocenters. The van der Waals surface area contributed by atoms with Crippen molar-refractivity contribution in [3.63, 3.8) is 0 Å². The van der Waals surface area contributed by atoms with Gasteiger partial charge in [-0.2, -0.15) is 0 Å². The van der Waals surface area contributed by atoms with Crippen molar-refractivity contribution in [2.24, 2.45) is 11.8 Å². The summed E-state index contributed by atoms with van der Waals surface area (Å²) in [7, 11) is 0. The number of nitrogens with one attached hydrogen (secondary N) is 1. The molecule has 1 aromatic carbocycles. The number of nitrogens with zero attached hydrogens (tertiary/aromatic N) is 4. The second kappa shape index (κ2) is 7.58. The highest BCUT2D eigenvalue weighted by Gasteiger charge is 2.41. The molecule has 1 saturated carbocycles. The summed E-state index contributed by atoms with van der Waals surface area (Å²) in [6.07, 6.45) is 8.75. The lowest BCUT2D eigenvalue weighted by Crippen LogP contribution is -2.43. The summed E-state index contributed by atoms with van der Waals surface area (Å²) < 4.78 is 1.50. The molecule has 2 atom stereocenters. The number of carbonyl (C=O) groups excluding carboxylic acids is 2. The summed E-state index contributed by atoms with van der Waals surface area (Å²) in [6, 6.07) is 6.16. The third kappa shape index (κ3) is 3.83. The summed E-state index contributed by atoms with van der Waals surface area (Å²) in [5.41, 5.74) is 5.95. The first-order valence-corrected chi connectivity index (χ1v) is 9.79. The molecular formula is C21H25N5O2. The van der Waals surface area contributed by atoms with Crippen LogP contribution >= 0.6 is 0 Å². The molecule has 2 aliphatic rings. The molecular weight excluding hydrogens is 354 g/mol. The molecule has 0 spiro atoms. The molecule has 28 heavy (non-hydrogen) atoms. The van der Waals surface area contributed by atoms with E-state index in [9.17, 15) is 9.59 Å². The number of carbonyl (C=O) groups is 2. The highest BCUT2D eigenvalue weighted by Crippen LogP contribution is 2.36. The van der Waals surface area contributed by atoms with Crippen LogP contribution in [0.5, 0.6) is 0 Å². The van der Waals surface area contributed by atoms with Crippen LogP contribution in [0.3, 0.4) is 0 Å². The van der Waals surface area contributed by atoms with Gasteiger partial charge in [-0.1, -0.05) is 30.0 Å². The average Bonchev–Trinajstić information content (AvgIpc) is 3.25. The third-order valence-corrected chi connectivity index (χ3v) is 5.52. The molecule has 2 fully saturated rings. The minimum atomic E-state index is -0.338. The Kier molecular flexibility index (Phi) is 4.98. The van der Waals surface area contributed by atoms with Crippen molar-refractivity contribution in [3.05, 3.63) is 41.7 Å². The fourth-order valence-electron chi connectivity index (χ4n) is 4.27. The topological polar surface area (TPSA) is 80.1 Å². The fourth-order valence-corrected chi connectivity index (χ4v) is 4.27. The molecule has 4 rings (SSSR count). The normalized spacial score (nSPS) is 21.9. The van der Waals surface area contributed by atoms with Crippen LogP contribution in [0, 0.1) is 25.7 Å². The van der Waals surface area contributed by atoms with Crippen LogP contribution in [0.25, 0.3) is 17.6 Å². The summed E-state index contributed by atoms with van der Waals surface area (Å²) in [4.78, 5) is 29.0. The van der Waals surface area contributed by atoms with Gasteiger partial charge in [0.15, 0.2) is 5.82 Å². The molecule has 146 valence electrons. The maximum atomic E-state index is 12.4. The summed E-state index contributed by atoms with van der Waals surface area (Å²) in [5.74, 6) is 0.769. The average molecular weight is 379 g/mol. The Morgan fingerprint density at radius 3 is 2.68 bits per heavy atom. The van der Waals surface area contributed by atoms with Crippen LogP contribution in [-0.4, -0.2) is 38.1 Å². The molecule has 2 aromatic rings. The Balaban J connectivity index is 1.39. The van der Waals surface area contributed by atoms with Crippen molar-refractivity contribution in [3.8, 4) is 11.4 Å². The molecule has 2 amide bonds.